The fourth-order valence-corrected chi connectivity index (χ4v) is 3.90. The molecule has 142 valence electrons. The van der Waals surface area contributed by atoms with Gasteiger partial charge in [-0.15, -0.1) is 0 Å². The molecule has 0 radical (unpaired) electrons. The second kappa shape index (κ2) is 8.43. The van der Waals surface area contributed by atoms with Crippen molar-refractivity contribution in [1.82, 2.24) is 4.90 Å². The van der Waals surface area contributed by atoms with Crippen LogP contribution in [-0.4, -0.2) is 42.7 Å². The normalized spacial score (nSPS) is 22.5. The van der Waals surface area contributed by atoms with Gasteiger partial charge in [-0.2, -0.15) is 0 Å². The molecule has 1 aromatic carbocycles. The van der Waals surface area contributed by atoms with Crippen molar-refractivity contribution in [3.63, 3.8) is 0 Å². The Morgan fingerprint density at radius 2 is 1.62 bits per heavy atom. The first-order valence-corrected chi connectivity index (χ1v) is 9.47. The minimum atomic E-state index is -0.705. The molecule has 6 nitrogen and oxygen atoms in total. The monoisotopic (exact) mass is 360 g/mol. The molecule has 0 heterocycles. The highest BCUT2D eigenvalue weighted by Crippen LogP contribution is 2.37. The van der Waals surface area contributed by atoms with E-state index in [1.165, 1.54) is 0 Å². The summed E-state index contributed by atoms with van der Waals surface area (Å²) in [6.07, 6.45) is 6.51. The topological polar surface area (TPSA) is 81.9 Å². The molecule has 2 amide bonds. The van der Waals surface area contributed by atoms with Crippen LogP contribution in [0.25, 0.3) is 0 Å². The third-order valence-electron chi connectivity index (χ3n) is 5.49. The van der Waals surface area contributed by atoms with Crippen LogP contribution in [0, 0.1) is 5.92 Å². The number of nitrogens with two attached hydrogens (primary N) is 1. The number of ether oxygens (including phenoxy) is 2. The van der Waals surface area contributed by atoms with E-state index in [4.69, 9.17) is 15.2 Å². The molecular formula is C20H28N2O4. The third kappa shape index (κ3) is 4.68. The van der Waals surface area contributed by atoms with Gasteiger partial charge in [0.1, 0.15) is 5.75 Å². The quantitative estimate of drug-likeness (QED) is 0.808. The number of hydrogen-bond donors (Lipinski definition) is 1. The zero-order valence-electron chi connectivity index (χ0n) is 15.4. The lowest BCUT2D eigenvalue weighted by atomic mass is 9.83. The minimum absolute atomic E-state index is 0.135. The summed E-state index contributed by atoms with van der Waals surface area (Å²) in [5.41, 5.74) is 5.73. The van der Waals surface area contributed by atoms with E-state index >= 15 is 0 Å². The lowest BCUT2D eigenvalue weighted by molar-refractivity contribution is 0.0574. The predicted octanol–water partition coefficient (Wildman–Crippen LogP) is 3.34. The first-order chi connectivity index (χ1) is 12.6. The van der Waals surface area contributed by atoms with Gasteiger partial charge in [0, 0.05) is 17.6 Å². The zero-order valence-corrected chi connectivity index (χ0v) is 15.4. The van der Waals surface area contributed by atoms with Crippen LogP contribution in [0.3, 0.4) is 0 Å². The molecule has 2 N–H and O–H groups in total. The molecule has 0 aliphatic heterocycles. The van der Waals surface area contributed by atoms with Gasteiger partial charge in [-0.25, -0.2) is 4.79 Å². The molecule has 1 aromatic rings. The van der Waals surface area contributed by atoms with Crippen molar-refractivity contribution in [3.05, 3.63) is 29.8 Å². The molecular weight excluding hydrogens is 332 g/mol. The summed E-state index contributed by atoms with van der Waals surface area (Å²) in [5, 5.41) is 0. The minimum Gasteiger partial charge on any atom is -0.497 e. The molecule has 0 unspecified atom stereocenters. The van der Waals surface area contributed by atoms with Crippen LogP contribution in [0.5, 0.6) is 5.75 Å². The predicted molar refractivity (Wildman–Crippen MR) is 98.1 cm³/mol. The van der Waals surface area contributed by atoms with Crippen LogP contribution >= 0.6 is 0 Å². The number of hydrogen-bond acceptors (Lipinski definition) is 4. The number of methoxy groups -OCH3 is 1. The fraction of sp³-hybridized carbons (Fsp3) is 0.600. The number of benzene rings is 1. The van der Waals surface area contributed by atoms with Crippen molar-refractivity contribution in [3.8, 4) is 5.75 Å². The molecule has 2 aliphatic carbocycles. The summed E-state index contributed by atoms with van der Waals surface area (Å²) in [6.45, 7) is 0.391. The summed E-state index contributed by atoms with van der Waals surface area (Å²) < 4.78 is 10.0. The van der Waals surface area contributed by atoms with E-state index in [1.807, 2.05) is 24.3 Å². The van der Waals surface area contributed by atoms with E-state index in [1.54, 1.807) is 7.11 Å². The highest BCUT2D eigenvalue weighted by molar-refractivity contribution is 5.95. The summed E-state index contributed by atoms with van der Waals surface area (Å²) >= 11 is 0. The Morgan fingerprint density at radius 3 is 2.12 bits per heavy atom. The van der Waals surface area contributed by atoms with E-state index in [0.717, 1.165) is 56.3 Å². The number of carbonyl (C=O) groups is 2. The molecule has 6 heteroatoms. The van der Waals surface area contributed by atoms with Crippen LogP contribution in [0.1, 0.15) is 55.3 Å². The lowest BCUT2D eigenvalue weighted by Gasteiger charge is -2.37. The standard InChI is InChI=1S/C20H28N2O4/c1-25-18-10-4-15(5-11-18)19(23)22(17-8-9-17)16-6-2-14(3-7-16)12-13-26-20(21)24/h4-5,10-11,14,16-17H,2-3,6-9,12-13H2,1H3,(H2,21,24)/t14-,16-. The van der Waals surface area contributed by atoms with Gasteiger partial charge in [-0.3, -0.25) is 4.79 Å². The molecule has 0 spiro atoms. The molecule has 0 bridgehead atoms. The maximum absolute atomic E-state index is 13.1. The highest BCUT2D eigenvalue weighted by atomic mass is 16.5. The first-order valence-electron chi connectivity index (χ1n) is 9.47. The van der Waals surface area contributed by atoms with E-state index in [2.05, 4.69) is 4.90 Å². The Labute approximate surface area is 154 Å². The maximum Gasteiger partial charge on any atom is 0.404 e. The molecule has 26 heavy (non-hydrogen) atoms. The van der Waals surface area contributed by atoms with Gasteiger partial charge in [0.15, 0.2) is 0 Å². The third-order valence-corrected chi connectivity index (χ3v) is 5.49. The Morgan fingerprint density at radius 1 is 1.04 bits per heavy atom. The SMILES string of the molecule is COc1ccc(C(=O)N(C2CC2)[C@H]2CC[C@H](CCOC(N)=O)CC2)cc1. The van der Waals surface area contributed by atoms with Gasteiger partial charge >= 0.3 is 6.09 Å². The van der Waals surface area contributed by atoms with Crippen molar-refractivity contribution in [2.75, 3.05) is 13.7 Å². The van der Waals surface area contributed by atoms with Gasteiger partial charge < -0.3 is 20.1 Å². The Kier molecular flexibility index (Phi) is 6.01. The van der Waals surface area contributed by atoms with Gasteiger partial charge in [0.2, 0.25) is 0 Å². The van der Waals surface area contributed by atoms with Crippen LogP contribution in [0.15, 0.2) is 24.3 Å². The molecule has 2 fully saturated rings. The summed E-state index contributed by atoms with van der Waals surface area (Å²) in [4.78, 5) is 25.9. The first kappa shape index (κ1) is 18.5. The Hall–Kier alpha value is -2.24. The van der Waals surface area contributed by atoms with E-state index in [0.29, 0.717) is 24.6 Å². The van der Waals surface area contributed by atoms with Crippen LogP contribution in [-0.2, 0) is 4.74 Å². The average Bonchev–Trinajstić information content (AvgIpc) is 3.48. The molecule has 2 saturated carbocycles. The van der Waals surface area contributed by atoms with Crippen molar-refractivity contribution in [1.29, 1.82) is 0 Å². The van der Waals surface area contributed by atoms with Gasteiger partial charge in [-0.1, -0.05) is 0 Å². The molecule has 0 saturated heterocycles. The molecule has 0 atom stereocenters. The maximum atomic E-state index is 13.1. The fourth-order valence-electron chi connectivity index (χ4n) is 3.90. The second-order valence-corrected chi connectivity index (χ2v) is 7.30. The summed E-state index contributed by atoms with van der Waals surface area (Å²) in [6, 6.07) is 8.09. The van der Waals surface area contributed by atoms with Crippen LogP contribution in [0.4, 0.5) is 4.79 Å². The summed E-state index contributed by atoms with van der Waals surface area (Å²) in [5.74, 6) is 1.44. The van der Waals surface area contributed by atoms with Crippen molar-refractivity contribution < 1.29 is 19.1 Å². The second-order valence-electron chi connectivity index (χ2n) is 7.30. The van der Waals surface area contributed by atoms with Gasteiger partial charge in [0.25, 0.3) is 5.91 Å². The average molecular weight is 360 g/mol. The largest absolute Gasteiger partial charge is 0.497 e. The molecule has 3 rings (SSSR count). The number of carbonyl (C=O) groups excluding carboxylic acids is 2. The molecule has 0 aromatic heterocycles. The van der Waals surface area contributed by atoms with Gasteiger partial charge in [0.05, 0.1) is 13.7 Å². The van der Waals surface area contributed by atoms with Crippen LogP contribution < -0.4 is 10.5 Å². The number of amides is 2. The van der Waals surface area contributed by atoms with Crippen LogP contribution in [0.2, 0.25) is 0 Å². The lowest BCUT2D eigenvalue weighted by Crippen LogP contribution is -2.44. The van der Waals surface area contributed by atoms with Crippen molar-refractivity contribution >= 4 is 12.0 Å². The number of nitrogens with zero attached hydrogens (tertiary/aromatic N) is 1. The van der Waals surface area contributed by atoms with E-state index < -0.39 is 6.09 Å². The van der Waals surface area contributed by atoms with Crippen molar-refractivity contribution in [2.45, 2.75) is 57.0 Å². The van der Waals surface area contributed by atoms with E-state index in [-0.39, 0.29) is 5.91 Å². The number of primary amides is 1. The molecule has 2 aliphatic rings. The highest BCUT2D eigenvalue weighted by Gasteiger charge is 2.39. The summed E-state index contributed by atoms with van der Waals surface area (Å²) in [7, 11) is 1.63. The van der Waals surface area contributed by atoms with E-state index in [9.17, 15) is 9.59 Å². The van der Waals surface area contributed by atoms with Gasteiger partial charge in [-0.05, 0) is 75.1 Å². The van der Waals surface area contributed by atoms with Crippen molar-refractivity contribution in [2.24, 2.45) is 11.7 Å². The Balaban J connectivity index is 1.57. The Bertz CT molecular complexity index is 619. The number of rotatable bonds is 7. The zero-order chi connectivity index (χ0) is 18.5. The smallest absolute Gasteiger partial charge is 0.404 e.